The molecule has 0 fully saturated rings. The number of nitrogens with zero attached hydrogens (tertiary/aromatic N) is 2. The zero-order valence-corrected chi connectivity index (χ0v) is 42.0. The Morgan fingerprint density at radius 2 is 0.908 bits per heavy atom. The summed E-state index contributed by atoms with van der Waals surface area (Å²) in [6.07, 6.45) is 0. The lowest BCUT2D eigenvalue weighted by atomic mass is 9.93. The molecule has 25 nitrogen and oxygen atoms in total. The van der Waals surface area contributed by atoms with Crippen LogP contribution in [-0.4, -0.2) is 127 Å². The summed E-state index contributed by atoms with van der Waals surface area (Å²) in [7, 11) is 0. The SMILES string of the molecule is CC(=O)OCOC(=O)CN(CC(=O)OCOC(C)=O)c1ccc(C)cc1OCCOc1cc(-c2c3ccc(=O)cc-3oc3cc(OCOC(C)=O)ccc23)ccc1N(CC(=O)OCOC(C)=O)CC(=O)OCOC(C)=O. The fraction of sp³-hybridized carbons (Fsp3) is 0.333. The molecule has 0 bridgehead atoms. The number of rotatable bonds is 27. The van der Waals surface area contributed by atoms with Crippen molar-refractivity contribution >= 4 is 76.1 Å². The van der Waals surface area contributed by atoms with Gasteiger partial charge in [0.25, 0.3) is 0 Å². The number of hydrogen-bond acceptors (Lipinski definition) is 25. The first-order valence-electron chi connectivity index (χ1n) is 22.7. The van der Waals surface area contributed by atoms with E-state index in [1.54, 1.807) is 55.5 Å². The van der Waals surface area contributed by atoms with E-state index in [2.05, 4.69) is 0 Å². The van der Waals surface area contributed by atoms with Gasteiger partial charge >= 0.3 is 53.7 Å². The molecule has 1 aliphatic carbocycles. The summed E-state index contributed by atoms with van der Waals surface area (Å²) in [4.78, 5) is 124. The van der Waals surface area contributed by atoms with Crippen LogP contribution in [0.25, 0.3) is 33.4 Å². The van der Waals surface area contributed by atoms with Crippen LogP contribution in [0.15, 0.2) is 82.0 Å². The number of esters is 9. The molecule has 76 heavy (non-hydrogen) atoms. The lowest BCUT2D eigenvalue weighted by Gasteiger charge is -2.27. The maximum Gasteiger partial charge on any atom is 0.328 e. The summed E-state index contributed by atoms with van der Waals surface area (Å²) < 4.78 is 68.5. The topological polar surface area (TPSA) is 301 Å². The molecule has 0 aromatic heterocycles. The lowest BCUT2D eigenvalue weighted by Crippen LogP contribution is -2.37. The van der Waals surface area contributed by atoms with E-state index in [-0.39, 0.29) is 58.6 Å². The Kier molecular flexibility index (Phi) is 21.3. The molecule has 404 valence electrons. The van der Waals surface area contributed by atoms with E-state index in [9.17, 15) is 47.9 Å². The van der Waals surface area contributed by atoms with Crippen LogP contribution in [0.3, 0.4) is 0 Å². The molecule has 2 aliphatic rings. The van der Waals surface area contributed by atoms with Crippen LogP contribution < -0.4 is 29.4 Å². The molecule has 0 radical (unpaired) electrons. The molecule has 25 heteroatoms. The van der Waals surface area contributed by atoms with Crippen LogP contribution in [-0.2, 0) is 85.8 Å². The molecule has 3 aromatic rings. The molecule has 3 aromatic carbocycles. The molecule has 0 saturated carbocycles. The van der Waals surface area contributed by atoms with E-state index in [0.717, 1.165) is 27.7 Å². The van der Waals surface area contributed by atoms with Gasteiger partial charge < -0.3 is 71.1 Å². The first kappa shape index (κ1) is 57.5. The second-order valence-electron chi connectivity index (χ2n) is 15.8. The van der Waals surface area contributed by atoms with E-state index < -0.39 is 114 Å². The lowest BCUT2D eigenvalue weighted by molar-refractivity contribution is -0.167. The number of aryl methyl sites for hydroxylation is 1. The molecule has 0 saturated heterocycles. The third kappa shape index (κ3) is 18.3. The number of ether oxygens (including phenoxy) is 12. The van der Waals surface area contributed by atoms with Crippen LogP contribution in [0.2, 0.25) is 0 Å². The van der Waals surface area contributed by atoms with Gasteiger partial charge in [-0.2, -0.15) is 0 Å². The van der Waals surface area contributed by atoms with Gasteiger partial charge in [0.15, 0.2) is 5.43 Å². The van der Waals surface area contributed by atoms with Gasteiger partial charge in [-0.05, 0) is 66.6 Å². The standard InChI is InChI=1S/C51H52N2O23/c1-30-7-13-41(52(21-47(60)72-26-67-32(3)55)22-48(61)73-27-68-33(4)56)45(17-30)64-15-16-65-46-18-36(8-14-42(46)53(23-49(62)74-28-69-34(5)57)24-50(63)75-29-70-35(6)58)51-39-11-9-37(59)19-43(39)76-44-20-38(10-12-40(44)51)71-25-66-31(2)54/h7-14,17-20H,15-16,21-29H2,1-6H3. The van der Waals surface area contributed by atoms with Crippen LogP contribution >= 0.6 is 0 Å². The van der Waals surface area contributed by atoms with Gasteiger partial charge in [0.05, 0.1) is 11.4 Å². The minimum absolute atomic E-state index is 0.0164. The van der Waals surface area contributed by atoms with E-state index in [0.29, 0.717) is 27.6 Å². The largest absolute Gasteiger partial charge is 0.488 e. The van der Waals surface area contributed by atoms with Crippen LogP contribution in [0.5, 0.6) is 17.2 Å². The zero-order chi connectivity index (χ0) is 55.3. The summed E-state index contributed by atoms with van der Waals surface area (Å²) in [6.45, 7) is 1.06. The molecular weight excluding hydrogens is 1010 g/mol. The highest BCUT2D eigenvalue weighted by atomic mass is 16.7. The third-order valence-electron chi connectivity index (χ3n) is 10.0. The van der Waals surface area contributed by atoms with Crippen molar-refractivity contribution in [2.24, 2.45) is 0 Å². The van der Waals surface area contributed by atoms with Gasteiger partial charge in [0.1, 0.15) is 68.0 Å². The van der Waals surface area contributed by atoms with Gasteiger partial charge in [-0.15, -0.1) is 0 Å². The van der Waals surface area contributed by atoms with Crippen LogP contribution in [0.1, 0.15) is 40.2 Å². The van der Waals surface area contributed by atoms with Crippen molar-refractivity contribution in [2.45, 2.75) is 41.5 Å². The summed E-state index contributed by atoms with van der Waals surface area (Å²) in [5.74, 6) is -6.63. The van der Waals surface area contributed by atoms with Crippen molar-refractivity contribution in [3.63, 3.8) is 0 Å². The van der Waals surface area contributed by atoms with Gasteiger partial charge in [-0.25, -0.2) is 0 Å². The van der Waals surface area contributed by atoms with Gasteiger partial charge in [-0.1, -0.05) is 12.1 Å². The molecule has 0 N–H and O–H groups in total. The Balaban J connectivity index is 1.56. The van der Waals surface area contributed by atoms with E-state index in [1.165, 1.54) is 41.0 Å². The van der Waals surface area contributed by atoms with E-state index in [4.69, 9.17) is 61.3 Å². The molecule has 0 unspecified atom stereocenters. The van der Waals surface area contributed by atoms with Crippen molar-refractivity contribution < 1.29 is 104 Å². The quantitative estimate of drug-likeness (QED) is 0.0235. The Morgan fingerprint density at radius 1 is 0.461 bits per heavy atom. The summed E-state index contributed by atoms with van der Waals surface area (Å²) in [5.41, 5.74) is 2.29. The monoisotopic (exact) mass is 1060 g/mol. The van der Waals surface area contributed by atoms with Crippen LogP contribution in [0, 0.1) is 6.92 Å². The fourth-order valence-electron chi connectivity index (χ4n) is 6.75. The average Bonchev–Trinajstić information content (AvgIpc) is 3.33. The van der Waals surface area contributed by atoms with Crippen LogP contribution in [0.4, 0.5) is 11.4 Å². The number of carbonyl (C=O) groups is 9. The predicted octanol–water partition coefficient (Wildman–Crippen LogP) is 4.10. The number of anilines is 2. The van der Waals surface area contributed by atoms with Gasteiger partial charge in [-0.3, -0.25) is 47.9 Å². The Labute approximate surface area is 432 Å². The average molecular weight is 1060 g/mol. The number of hydrogen-bond donors (Lipinski definition) is 0. The van der Waals surface area contributed by atoms with Crippen molar-refractivity contribution in [3.05, 3.63) is 88.6 Å². The fourth-order valence-corrected chi connectivity index (χ4v) is 6.75. The minimum Gasteiger partial charge on any atom is -0.488 e. The van der Waals surface area contributed by atoms with E-state index in [1.807, 2.05) is 0 Å². The number of carbonyl (C=O) groups excluding carboxylic acids is 9. The molecule has 0 atom stereocenters. The second kappa shape index (κ2) is 28.1. The normalized spacial score (nSPS) is 10.6. The number of benzene rings is 4. The smallest absolute Gasteiger partial charge is 0.328 e. The minimum atomic E-state index is -0.962. The van der Waals surface area contributed by atoms with Crippen molar-refractivity contribution in [1.82, 2.24) is 0 Å². The molecule has 0 amide bonds. The van der Waals surface area contributed by atoms with Crippen molar-refractivity contribution in [2.75, 3.05) is 83.2 Å². The van der Waals surface area contributed by atoms with Gasteiger partial charge in [0, 0.05) is 63.3 Å². The summed E-state index contributed by atoms with van der Waals surface area (Å²) >= 11 is 0. The second-order valence-corrected chi connectivity index (χ2v) is 15.8. The highest BCUT2D eigenvalue weighted by Crippen LogP contribution is 2.43. The predicted molar refractivity (Wildman–Crippen MR) is 259 cm³/mol. The maximum atomic E-state index is 13.3. The Morgan fingerprint density at radius 3 is 1.38 bits per heavy atom. The highest BCUT2D eigenvalue weighted by Gasteiger charge is 2.26. The molecule has 1 heterocycles. The third-order valence-corrected chi connectivity index (χ3v) is 10.0. The van der Waals surface area contributed by atoms with Crippen molar-refractivity contribution in [1.29, 1.82) is 0 Å². The highest BCUT2D eigenvalue weighted by molar-refractivity contribution is 6.02. The van der Waals surface area contributed by atoms with E-state index >= 15 is 0 Å². The summed E-state index contributed by atoms with van der Waals surface area (Å²) in [5, 5.41) is 0.509. The Hall–Kier alpha value is -9.42. The van der Waals surface area contributed by atoms with Gasteiger partial charge in [0.2, 0.25) is 34.0 Å². The maximum absolute atomic E-state index is 13.3. The molecule has 1 aliphatic heterocycles. The molecule has 0 spiro atoms. The van der Waals surface area contributed by atoms with Crippen molar-refractivity contribution in [3.8, 4) is 39.7 Å². The Bertz CT molecular complexity index is 2900. The summed E-state index contributed by atoms with van der Waals surface area (Å²) in [6, 6.07) is 18.6. The first-order valence-corrected chi connectivity index (χ1v) is 22.7. The zero-order valence-electron chi connectivity index (χ0n) is 42.0. The number of fused-ring (bicyclic) bond motifs is 2. The first-order chi connectivity index (χ1) is 36.3. The molecule has 5 rings (SSSR count). The molecular formula is C51H52N2O23.